The van der Waals surface area contributed by atoms with Crippen LogP contribution in [0.1, 0.15) is 17.3 Å². The second-order valence-electron chi connectivity index (χ2n) is 3.73. The molecule has 1 rings (SSSR count). The molecule has 0 radical (unpaired) electrons. The third-order valence-corrected chi connectivity index (χ3v) is 2.58. The van der Waals surface area contributed by atoms with Crippen LogP contribution in [0, 0.1) is 10.1 Å². The van der Waals surface area contributed by atoms with Crippen LogP contribution in [-0.2, 0) is 4.79 Å². The molecule has 1 atom stereocenters. The summed E-state index contributed by atoms with van der Waals surface area (Å²) in [6.07, 6.45) is 0. The van der Waals surface area contributed by atoms with Crippen molar-refractivity contribution in [2.45, 2.75) is 13.0 Å². The van der Waals surface area contributed by atoms with Gasteiger partial charge in [0.1, 0.15) is 6.04 Å². The maximum Gasteiger partial charge on any atom is 0.326 e. The van der Waals surface area contributed by atoms with Crippen molar-refractivity contribution in [3.05, 3.63) is 39.9 Å². The van der Waals surface area contributed by atoms with E-state index in [-0.39, 0.29) is 11.3 Å². The molecule has 0 aromatic heterocycles. The zero-order valence-corrected chi connectivity index (χ0v) is 9.86. The quantitative estimate of drug-likeness (QED) is 0.639. The van der Waals surface area contributed by atoms with Crippen molar-refractivity contribution in [1.29, 1.82) is 0 Å². The summed E-state index contributed by atoms with van der Waals surface area (Å²) in [7, 11) is 1.36. The molecule has 0 fully saturated rings. The van der Waals surface area contributed by atoms with E-state index >= 15 is 0 Å². The molecule has 1 unspecified atom stereocenters. The lowest BCUT2D eigenvalue weighted by molar-refractivity contribution is -0.384. The molecule has 0 aliphatic rings. The zero-order valence-electron chi connectivity index (χ0n) is 9.86. The van der Waals surface area contributed by atoms with Gasteiger partial charge in [-0.05, 0) is 19.1 Å². The molecule has 0 saturated carbocycles. The van der Waals surface area contributed by atoms with Gasteiger partial charge >= 0.3 is 5.97 Å². The van der Waals surface area contributed by atoms with Crippen LogP contribution in [0.3, 0.4) is 0 Å². The summed E-state index contributed by atoms with van der Waals surface area (Å²) in [6, 6.07) is 4.03. The minimum absolute atomic E-state index is 0.125. The first-order valence-electron chi connectivity index (χ1n) is 5.09. The van der Waals surface area contributed by atoms with Gasteiger partial charge in [0, 0.05) is 24.7 Å². The van der Waals surface area contributed by atoms with Crippen molar-refractivity contribution in [2.24, 2.45) is 0 Å². The molecular weight excluding hydrogens is 240 g/mol. The van der Waals surface area contributed by atoms with Gasteiger partial charge in [-0.25, -0.2) is 4.79 Å². The molecule has 0 aliphatic heterocycles. The second kappa shape index (κ2) is 5.26. The van der Waals surface area contributed by atoms with E-state index in [0.717, 1.165) is 4.90 Å². The number of benzene rings is 1. The summed E-state index contributed by atoms with van der Waals surface area (Å²) in [6.45, 7) is 1.38. The van der Waals surface area contributed by atoms with E-state index in [4.69, 9.17) is 5.11 Å². The number of nitro benzene ring substituents is 1. The molecule has 1 aromatic carbocycles. The van der Waals surface area contributed by atoms with Crippen molar-refractivity contribution in [3.8, 4) is 0 Å². The van der Waals surface area contributed by atoms with Crippen molar-refractivity contribution >= 4 is 17.6 Å². The Labute approximate surface area is 103 Å². The minimum Gasteiger partial charge on any atom is -0.480 e. The Balaban J connectivity index is 2.90. The molecular formula is C11H12N2O5. The van der Waals surface area contributed by atoms with Gasteiger partial charge < -0.3 is 10.0 Å². The van der Waals surface area contributed by atoms with Gasteiger partial charge in [0.05, 0.1) is 4.92 Å². The van der Waals surface area contributed by atoms with E-state index in [1.54, 1.807) is 0 Å². The molecule has 0 spiro atoms. The molecule has 1 amide bonds. The topological polar surface area (TPSA) is 101 Å². The third-order valence-electron chi connectivity index (χ3n) is 2.58. The number of nitro groups is 1. The molecule has 1 aromatic rings. The van der Waals surface area contributed by atoms with Gasteiger partial charge in [-0.1, -0.05) is 0 Å². The predicted octanol–water partition coefficient (Wildman–Crippen LogP) is 1.14. The second-order valence-corrected chi connectivity index (χ2v) is 3.73. The SMILES string of the molecule is CC(C(=O)O)N(C)C(=O)c1ccc([N+](=O)[O-])cc1. The average molecular weight is 252 g/mol. The highest BCUT2D eigenvalue weighted by Gasteiger charge is 2.22. The smallest absolute Gasteiger partial charge is 0.326 e. The zero-order chi connectivity index (χ0) is 13.9. The molecule has 1 N–H and O–H groups in total. The summed E-state index contributed by atoms with van der Waals surface area (Å²) >= 11 is 0. The fourth-order valence-electron chi connectivity index (χ4n) is 1.27. The third kappa shape index (κ3) is 2.82. The summed E-state index contributed by atoms with van der Waals surface area (Å²) in [5.74, 6) is -1.62. The average Bonchev–Trinajstić information content (AvgIpc) is 2.36. The standard InChI is InChI=1S/C11H12N2O5/c1-7(11(15)16)12(2)10(14)8-3-5-9(6-4-8)13(17)18/h3-7H,1-2H3,(H,15,16). The Morgan fingerprint density at radius 3 is 2.22 bits per heavy atom. The number of carboxylic acids is 1. The van der Waals surface area contributed by atoms with E-state index in [0.29, 0.717) is 0 Å². The molecule has 7 nitrogen and oxygen atoms in total. The van der Waals surface area contributed by atoms with E-state index in [1.807, 2.05) is 0 Å². The maximum absolute atomic E-state index is 11.9. The summed E-state index contributed by atoms with van der Waals surface area (Å²) < 4.78 is 0. The number of carboxylic acid groups (broad SMARTS) is 1. The Morgan fingerprint density at radius 2 is 1.83 bits per heavy atom. The van der Waals surface area contributed by atoms with Crippen molar-refractivity contribution < 1.29 is 19.6 Å². The largest absolute Gasteiger partial charge is 0.480 e. The molecule has 96 valence electrons. The summed E-state index contributed by atoms with van der Waals surface area (Å²) in [5.41, 5.74) is 0.0803. The van der Waals surface area contributed by atoms with E-state index < -0.39 is 22.8 Å². The van der Waals surface area contributed by atoms with Crippen molar-refractivity contribution in [2.75, 3.05) is 7.05 Å². The molecule has 7 heteroatoms. The lowest BCUT2D eigenvalue weighted by atomic mass is 10.1. The summed E-state index contributed by atoms with van der Waals surface area (Å²) in [4.78, 5) is 33.5. The Hall–Kier alpha value is -2.44. The van der Waals surface area contributed by atoms with Gasteiger partial charge in [-0.3, -0.25) is 14.9 Å². The monoisotopic (exact) mass is 252 g/mol. The molecule has 0 bridgehead atoms. The lowest BCUT2D eigenvalue weighted by Crippen LogP contribution is -2.40. The van der Waals surface area contributed by atoms with Crippen LogP contribution in [-0.4, -0.2) is 39.9 Å². The number of carbonyl (C=O) groups is 2. The van der Waals surface area contributed by atoms with Crippen LogP contribution < -0.4 is 0 Å². The number of hydrogen-bond acceptors (Lipinski definition) is 4. The van der Waals surface area contributed by atoms with Gasteiger partial charge in [0.25, 0.3) is 11.6 Å². The molecule has 0 saturated heterocycles. The number of aliphatic carboxylic acids is 1. The van der Waals surface area contributed by atoms with Gasteiger partial charge in [-0.2, -0.15) is 0 Å². The van der Waals surface area contributed by atoms with Crippen LogP contribution in [0.5, 0.6) is 0 Å². The fraction of sp³-hybridized carbons (Fsp3) is 0.273. The molecule has 18 heavy (non-hydrogen) atoms. The van der Waals surface area contributed by atoms with Crippen LogP contribution in [0.15, 0.2) is 24.3 Å². The van der Waals surface area contributed by atoms with Crippen LogP contribution >= 0.6 is 0 Å². The Bertz CT molecular complexity index is 483. The van der Waals surface area contributed by atoms with Crippen LogP contribution in [0.25, 0.3) is 0 Å². The molecule has 0 heterocycles. The number of rotatable bonds is 4. The Kier molecular flexibility index (Phi) is 3.98. The predicted molar refractivity (Wildman–Crippen MR) is 62.3 cm³/mol. The normalized spacial score (nSPS) is 11.7. The van der Waals surface area contributed by atoms with E-state index in [2.05, 4.69) is 0 Å². The number of nitrogens with zero attached hydrogens (tertiary/aromatic N) is 2. The fourth-order valence-corrected chi connectivity index (χ4v) is 1.27. The highest BCUT2D eigenvalue weighted by molar-refractivity contribution is 5.96. The first-order chi connectivity index (χ1) is 8.34. The number of carbonyl (C=O) groups excluding carboxylic acids is 1. The first kappa shape index (κ1) is 13.6. The van der Waals surface area contributed by atoms with Crippen LogP contribution in [0.4, 0.5) is 5.69 Å². The van der Waals surface area contributed by atoms with E-state index in [1.165, 1.54) is 38.2 Å². The molecule has 0 aliphatic carbocycles. The minimum atomic E-state index is -1.12. The number of non-ortho nitro benzene ring substituents is 1. The van der Waals surface area contributed by atoms with Crippen molar-refractivity contribution in [3.63, 3.8) is 0 Å². The summed E-state index contributed by atoms with van der Waals surface area (Å²) in [5, 5.41) is 19.2. The van der Waals surface area contributed by atoms with Crippen molar-refractivity contribution in [1.82, 2.24) is 4.90 Å². The van der Waals surface area contributed by atoms with Gasteiger partial charge in [0.15, 0.2) is 0 Å². The number of likely N-dealkylation sites (N-methyl/N-ethyl adjacent to an activating group) is 1. The number of amides is 1. The van der Waals surface area contributed by atoms with Gasteiger partial charge in [-0.15, -0.1) is 0 Å². The van der Waals surface area contributed by atoms with E-state index in [9.17, 15) is 19.7 Å². The van der Waals surface area contributed by atoms with Gasteiger partial charge in [0.2, 0.25) is 0 Å². The lowest BCUT2D eigenvalue weighted by Gasteiger charge is -2.21. The van der Waals surface area contributed by atoms with Crippen LogP contribution in [0.2, 0.25) is 0 Å². The maximum atomic E-state index is 11.9. The Morgan fingerprint density at radius 1 is 1.33 bits per heavy atom. The first-order valence-corrected chi connectivity index (χ1v) is 5.09. The highest BCUT2D eigenvalue weighted by Crippen LogP contribution is 2.14. The number of hydrogen-bond donors (Lipinski definition) is 1. The highest BCUT2D eigenvalue weighted by atomic mass is 16.6.